The fourth-order valence-corrected chi connectivity index (χ4v) is 1.70. The molecular weight excluding hydrogens is 314 g/mol. The summed E-state index contributed by atoms with van der Waals surface area (Å²) in [6, 6.07) is 11.2. The fraction of sp³-hybridized carbons (Fsp3) is 0.188. The van der Waals surface area contributed by atoms with Crippen molar-refractivity contribution in [2.45, 2.75) is 19.6 Å². The van der Waals surface area contributed by atoms with Gasteiger partial charge < -0.3 is 14.5 Å². The highest BCUT2D eigenvalue weighted by Crippen LogP contribution is 2.01. The maximum absolute atomic E-state index is 11.8. The van der Waals surface area contributed by atoms with Crippen LogP contribution in [0.5, 0.6) is 0 Å². The zero-order chi connectivity index (χ0) is 17.4. The minimum Gasteiger partial charge on any atom is -0.459 e. The molecule has 0 aliphatic heterocycles. The Hall–Kier alpha value is -3.29. The Balaban J connectivity index is 1.70. The zero-order valence-electron chi connectivity index (χ0n) is 12.9. The second-order valence-corrected chi connectivity index (χ2v) is 4.85. The van der Waals surface area contributed by atoms with Gasteiger partial charge in [-0.1, -0.05) is 30.3 Å². The molecule has 0 aliphatic rings. The number of rotatable bonds is 5. The molecule has 1 heterocycles. The Labute approximate surface area is 138 Å². The van der Waals surface area contributed by atoms with Crippen molar-refractivity contribution in [2.24, 2.45) is 0 Å². The van der Waals surface area contributed by atoms with Gasteiger partial charge in [0.2, 0.25) is 0 Å². The van der Waals surface area contributed by atoms with E-state index in [1.54, 1.807) is 6.07 Å². The Morgan fingerprint density at radius 2 is 1.83 bits per heavy atom. The number of carbonyl (C=O) groups is 3. The first-order valence-electron chi connectivity index (χ1n) is 7.17. The van der Waals surface area contributed by atoms with Gasteiger partial charge in [-0.2, -0.15) is 0 Å². The summed E-state index contributed by atoms with van der Waals surface area (Å²) in [6.07, 6.45) is 0.600. The lowest BCUT2D eigenvalue weighted by molar-refractivity contribution is -0.123. The number of alkyl carbamates (subject to hydrolysis) is 1. The molecule has 2 aromatic rings. The third-order valence-corrected chi connectivity index (χ3v) is 2.98. The number of hydrogen-bond acceptors (Lipinski definition) is 5. The molecule has 0 spiro atoms. The molecule has 126 valence electrons. The van der Waals surface area contributed by atoms with Gasteiger partial charge in [0.05, 0.1) is 6.26 Å². The molecule has 1 unspecified atom stereocenters. The normalized spacial score (nSPS) is 11.2. The lowest BCUT2D eigenvalue weighted by Gasteiger charge is -2.14. The fourth-order valence-electron chi connectivity index (χ4n) is 1.70. The molecule has 1 aromatic heterocycles. The van der Waals surface area contributed by atoms with Gasteiger partial charge in [0, 0.05) is 0 Å². The molecule has 8 heteroatoms. The Morgan fingerprint density at radius 1 is 1.08 bits per heavy atom. The lowest BCUT2D eigenvalue weighted by atomic mass is 10.2. The van der Waals surface area contributed by atoms with Crippen LogP contribution in [0, 0.1) is 0 Å². The molecule has 0 bridgehead atoms. The third-order valence-electron chi connectivity index (χ3n) is 2.98. The SMILES string of the molecule is CC(NC(=O)OCc1ccccc1)C(=O)NNC(=O)c1ccco1. The molecule has 0 saturated carbocycles. The van der Waals surface area contributed by atoms with E-state index in [2.05, 4.69) is 16.2 Å². The number of furan rings is 1. The Kier molecular flexibility index (Phi) is 5.95. The van der Waals surface area contributed by atoms with Crippen molar-refractivity contribution in [3.05, 3.63) is 60.1 Å². The summed E-state index contributed by atoms with van der Waals surface area (Å²) in [6.45, 7) is 1.55. The molecule has 2 rings (SSSR count). The molecule has 0 radical (unpaired) electrons. The van der Waals surface area contributed by atoms with Crippen LogP contribution >= 0.6 is 0 Å². The summed E-state index contributed by atoms with van der Waals surface area (Å²) < 4.78 is 9.87. The van der Waals surface area contributed by atoms with Gasteiger partial charge in [0.25, 0.3) is 5.91 Å². The Morgan fingerprint density at radius 3 is 2.50 bits per heavy atom. The predicted octanol–water partition coefficient (Wildman–Crippen LogP) is 1.36. The number of hydrogen-bond donors (Lipinski definition) is 3. The maximum atomic E-state index is 11.8. The third kappa shape index (κ3) is 5.16. The van der Waals surface area contributed by atoms with Crippen molar-refractivity contribution in [3.63, 3.8) is 0 Å². The van der Waals surface area contributed by atoms with Crippen molar-refractivity contribution in [2.75, 3.05) is 0 Å². The van der Waals surface area contributed by atoms with Gasteiger partial charge in [-0.3, -0.25) is 20.4 Å². The van der Waals surface area contributed by atoms with Gasteiger partial charge in [0.1, 0.15) is 12.6 Å². The van der Waals surface area contributed by atoms with Crippen LogP contribution in [0.15, 0.2) is 53.1 Å². The Bertz CT molecular complexity index is 685. The molecule has 0 saturated heterocycles. The monoisotopic (exact) mass is 331 g/mol. The highest BCUT2D eigenvalue weighted by atomic mass is 16.5. The minimum atomic E-state index is -0.898. The van der Waals surface area contributed by atoms with Crippen LogP contribution in [-0.4, -0.2) is 23.9 Å². The highest BCUT2D eigenvalue weighted by Gasteiger charge is 2.17. The van der Waals surface area contributed by atoms with Gasteiger partial charge in [-0.05, 0) is 24.6 Å². The summed E-state index contributed by atoms with van der Waals surface area (Å²) in [7, 11) is 0. The second-order valence-electron chi connectivity index (χ2n) is 4.85. The van der Waals surface area contributed by atoms with Crippen LogP contribution in [0.1, 0.15) is 23.0 Å². The lowest BCUT2D eigenvalue weighted by Crippen LogP contribution is -2.51. The molecule has 24 heavy (non-hydrogen) atoms. The summed E-state index contributed by atoms with van der Waals surface area (Å²) in [5.74, 6) is -1.16. The molecule has 1 aromatic carbocycles. The first-order valence-corrected chi connectivity index (χ1v) is 7.17. The summed E-state index contributed by atoms with van der Waals surface area (Å²) in [5, 5.41) is 2.36. The van der Waals surface area contributed by atoms with E-state index in [0.717, 1.165) is 5.56 Å². The van der Waals surface area contributed by atoms with Crippen LogP contribution in [0.4, 0.5) is 4.79 Å². The number of carbonyl (C=O) groups excluding carboxylic acids is 3. The van der Waals surface area contributed by atoms with Gasteiger partial charge >= 0.3 is 12.0 Å². The van der Waals surface area contributed by atoms with E-state index >= 15 is 0 Å². The van der Waals surface area contributed by atoms with Gasteiger partial charge in [0.15, 0.2) is 5.76 Å². The molecule has 8 nitrogen and oxygen atoms in total. The zero-order valence-corrected chi connectivity index (χ0v) is 12.9. The van der Waals surface area contributed by atoms with Crippen LogP contribution in [0.2, 0.25) is 0 Å². The average molecular weight is 331 g/mol. The maximum Gasteiger partial charge on any atom is 0.408 e. The topological polar surface area (TPSA) is 110 Å². The van der Waals surface area contributed by atoms with E-state index in [9.17, 15) is 14.4 Å². The largest absolute Gasteiger partial charge is 0.459 e. The molecule has 0 fully saturated rings. The van der Waals surface area contributed by atoms with E-state index in [-0.39, 0.29) is 12.4 Å². The van der Waals surface area contributed by atoms with Crippen LogP contribution in [-0.2, 0) is 16.1 Å². The number of nitrogens with one attached hydrogen (secondary N) is 3. The smallest absolute Gasteiger partial charge is 0.408 e. The first kappa shape index (κ1) is 17.1. The van der Waals surface area contributed by atoms with Gasteiger partial charge in [-0.25, -0.2) is 4.79 Å². The van der Waals surface area contributed by atoms with E-state index < -0.39 is 23.9 Å². The van der Waals surface area contributed by atoms with Gasteiger partial charge in [-0.15, -0.1) is 0 Å². The second kappa shape index (κ2) is 8.37. The van der Waals surface area contributed by atoms with E-state index in [1.165, 1.54) is 19.3 Å². The highest BCUT2D eigenvalue weighted by molar-refractivity contribution is 5.94. The van der Waals surface area contributed by atoms with E-state index in [4.69, 9.17) is 9.15 Å². The number of hydrazine groups is 1. The molecule has 3 amide bonds. The quantitative estimate of drug-likeness (QED) is 0.717. The standard InChI is InChI=1S/C16H17N3O5/c1-11(14(20)18-19-15(21)13-8-5-9-23-13)17-16(22)24-10-12-6-3-2-4-7-12/h2-9,11H,10H2,1H3,(H,17,22)(H,18,20)(H,19,21). The molecule has 3 N–H and O–H groups in total. The minimum absolute atomic E-state index is 0.0539. The van der Waals surface area contributed by atoms with E-state index in [0.29, 0.717) is 0 Å². The van der Waals surface area contributed by atoms with Crippen molar-refractivity contribution in [1.82, 2.24) is 16.2 Å². The summed E-state index contributed by atoms with van der Waals surface area (Å²) >= 11 is 0. The van der Waals surface area contributed by atoms with Crippen LogP contribution < -0.4 is 16.2 Å². The van der Waals surface area contributed by atoms with Crippen LogP contribution in [0.3, 0.4) is 0 Å². The first-order chi connectivity index (χ1) is 11.6. The number of ether oxygens (including phenoxy) is 1. The van der Waals surface area contributed by atoms with Crippen molar-refractivity contribution < 1.29 is 23.5 Å². The number of benzene rings is 1. The molecule has 0 aliphatic carbocycles. The summed E-state index contributed by atoms with van der Waals surface area (Å²) in [4.78, 5) is 35.0. The predicted molar refractivity (Wildman–Crippen MR) is 83.5 cm³/mol. The molecular formula is C16H17N3O5. The van der Waals surface area contributed by atoms with Crippen molar-refractivity contribution in [3.8, 4) is 0 Å². The average Bonchev–Trinajstić information content (AvgIpc) is 3.13. The van der Waals surface area contributed by atoms with E-state index in [1.807, 2.05) is 30.3 Å². The number of amides is 3. The van der Waals surface area contributed by atoms with Crippen molar-refractivity contribution >= 4 is 17.9 Å². The van der Waals surface area contributed by atoms with Crippen molar-refractivity contribution in [1.29, 1.82) is 0 Å². The molecule has 1 atom stereocenters. The van der Waals surface area contributed by atoms with Crippen LogP contribution in [0.25, 0.3) is 0 Å². The summed E-state index contributed by atoms with van der Waals surface area (Å²) in [5.41, 5.74) is 5.18.